The van der Waals surface area contributed by atoms with Crippen LogP contribution in [0.4, 0.5) is 20.4 Å². The molecule has 7 heteroatoms. The molecule has 20 heavy (non-hydrogen) atoms. The molecule has 2 rings (SSSR count). The Morgan fingerprint density at radius 2 is 1.85 bits per heavy atom. The molecule has 0 aliphatic rings. The molecule has 2 N–H and O–H groups in total. The molecule has 0 unspecified atom stereocenters. The molecule has 0 aliphatic heterocycles. The van der Waals surface area contributed by atoms with E-state index in [2.05, 4.69) is 20.6 Å². The van der Waals surface area contributed by atoms with E-state index in [0.29, 0.717) is 19.5 Å². The van der Waals surface area contributed by atoms with Crippen molar-refractivity contribution in [1.82, 2.24) is 9.97 Å². The lowest BCUT2D eigenvalue weighted by Gasteiger charge is -2.10. The Morgan fingerprint density at radius 1 is 1.15 bits per heavy atom. The number of hydrogen-bond donors (Lipinski definition) is 2. The Balaban J connectivity index is 1.99. The first-order valence-corrected chi connectivity index (χ1v) is 7.35. The van der Waals surface area contributed by atoms with Gasteiger partial charge in [0.15, 0.2) is 23.3 Å². The molecular formula is C13H16F2N4S. The van der Waals surface area contributed by atoms with Gasteiger partial charge in [0.2, 0.25) is 0 Å². The number of thiazole rings is 1. The lowest BCUT2D eigenvalue weighted by atomic mass is 10.3. The number of nitrogens with one attached hydrogen (secondary N) is 2. The average Bonchev–Trinajstić information content (AvgIpc) is 2.93. The van der Waals surface area contributed by atoms with Crippen LogP contribution in [0.5, 0.6) is 0 Å². The molecule has 0 saturated heterocycles. The van der Waals surface area contributed by atoms with Gasteiger partial charge in [0.1, 0.15) is 0 Å². The lowest BCUT2D eigenvalue weighted by Crippen LogP contribution is -2.11. The van der Waals surface area contributed by atoms with Crippen LogP contribution in [0.15, 0.2) is 17.0 Å². The maximum absolute atomic E-state index is 13.6. The fraction of sp³-hybridized carbons (Fsp3) is 0.385. The second-order valence-electron chi connectivity index (χ2n) is 4.23. The number of pyridine rings is 1. The highest BCUT2D eigenvalue weighted by Gasteiger charge is 2.11. The summed E-state index contributed by atoms with van der Waals surface area (Å²) >= 11 is 1.51. The summed E-state index contributed by atoms with van der Waals surface area (Å²) in [5.41, 5.74) is 2.69. The van der Waals surface area contributed by atoms with Crippen LogP contribution in [0.3, 0.4) is 0 Å². The molecule has 108 valence electrons. The highest BCUT2D eigenvalue weighted by molar-refractivity contribution is 7.07. The molecule has 2 aromatic heterocycles. The summed E-state index contributed by atoms with van der Waals surface area (Å²) in [5, 5.41) is 7.63. The van der Waals surface area contributed by atoms with E-state index in [4.69, 9.17) is 0 Å². The first kappa shape index (κ1) is 14.6. The van der Waals surface area contributed by atoms with Crippen LogP contribution in [-0.4, -0.2) is 23.1 Å². The van der Waals surface area contributed by atoms with Crippen LogP contribution in [0, 0.1) is 11.6 Å². The average molecular weight is 298 g/mol. The van der Waals surface area contributed by atoms with Gasteiger partial charge in [0.25, 0.3) is 0 Å². The van der Waals surface area contributed by atoms with E-state index in [0.717, 1.165) is 18.2 Å². The van der Waals surface area contributed by atoms with E-state index < -0.39 is 11.6 Å². The second kappa shape index (κ2) is 7.14. The topological polar surface area (TPSA) is 49.8 Å². The van der Waals surface area contributed by atoms with Crippen LogP contribution in [0.25, 0.3) is 0 Å². The Morgan fingerprint density at radius 3 is 2.45 bits per heavy atom. The Kier molecular flexibility index (Phi) is 5.23. The predicted octanol–water partition coefficient (Wildman–Crippen LogP) is 3.29. The van der Waals surface area contributed by atoms with Crippen molar-refractivity contribution in [2.75, 3.05) is 23.7 Å². The normalized spacial score (nSPS) is 10.6. The number of hydrogen-bond acceptors (Lipinski definition) is 5. The molecule has 4 nitrogen and oxygen atoms in total. The highest BCUT2D eigenvalue weighted by atomic mass is 32.1. The molecule has 2 aromatic rings. The summed E-state index contributed by atoms with van der Waals surface area (Å²) in [6.45, 7) is 3.04. The standard InChI is InChI=1S/C13H16F2N4S/c1-2-4-16-12-10(14)6-11(15)13(19-12)17-5-3-9-7-20-8-18-9/h6-8H,2-5H2,1H3,(H2,16,17,19). The third-order valence-electron chi connectivity index (χ3n) is 2.63. The molecule has 2 heterocycles. The van der Waals surface area contributed by atoms with Gasteiger partial charge < -0.3 is 10.6 Å². The van der Waals surface area contributed by atoms with E-state index in [1.54, 1.807) is 5.51 Å². The lowest BCUT2D eigenvalue weighted by molar-refractivity contribution is 0.577. The molecule has 0 bridgehead atoms. The molecule has 0 spiro atoms. The largest absolute Gasteiger partial charge is 0.368 e. The van der Waals surface area contributed by atoms with Crippen LogP contribution in [0.1, 0.15) is 19.0 Å². The van der Waals surface area contributed by atoms with Crippen LogP contribution in [0.2, 0.25) is 0 Å². The van der Waals surface area contributed by atoms with Crippen LogP contribution < -0.4 is 10.6 Å². The fourth-order valence-electron chi connectivity index (χ4n) is 1.63. The van der Waals surface area contributed by atoms with Gasteiger partial charge in [0.05, 0.1) is 11.2 Å². The van der Waals surface area contributed by atoms with Crippen LogP contribution >= 0.6 is 11.3 Å². The van der Waals surface area contributed by atoms with Crippen molar-refractivity contribution in [3.63, 3.8) is 0 Å². The fourth-order valence-corrected chi connectivity index (χ4v) is 2.22. The van der Waals surface area contributed by atoms with Crippen molar-refractivity contribution in [3.05, 3.63) is 34.3 Å². The maximum atomic E-state index is 13.6. The smallest absolute Gasteiger partial charge is 0.168 e. The van der Waals surface area contributed by atoms with Crippen LogP contribution in [-0.2, 0) is 6.42 Å². The van der Waals surface area contributed by atoms with Crippen molar-refractivity contribution in [2.45, 2.75) is 19.8 Å². The molecule has 0 aromatic carbocycles. The maximum Gasteiger partial charge on any atom is 0.168 e. The summed E-state index contributed by atoms with van der Waals surface area (Å²) in [7, 11) is 0. The summed E-state index contributed by atoms with van der Waals surface area (Å²) in [6.07, 6.45) is 1.50. The molecule has 0 fully saturated rings. The number of halogens is 2. The summed E-state index contributed by atoms with van der Waals surface area (Å²) in [6, 6.07) is 0.843. The molecular weight excluding hydrogens is 282 g/mol. The van der Waals surface area contributed by atoms with E-state index in [-0.39, 0.29) is 11.6 Å². The number of nitrogens with zero attached hydrogens (tertiary/aromatic N) is 2. The van der Waals surface area contributed by atoms with E-state index in [1.165, 1.54) is 11.3 Å². The number of rotatable bonds is 7. The van der Waals surface area contributed by atoms with Crippen molar-refractivity contribution in [2.24, 2.45) is 0 Å². The molecule has 0 saturated carbocycles. The van der Waals surface area contributed by atoms with Gasteiger partial charge in [-0.1, -0.05) is 6.92 Å². The van der Waals surface area contributed by atoms with Gasteiger partial charge in [-0.05, 0) is 6.42 Å². The second-order valence-corrected chi connectivity index (χ2v) is 4.95. The minimum Gasteiger partial charge on any atom is -0.368 e. The third kappa shape index (κ3) is 3.86. The SMILES string of the molecule is CCCNc1nc(NCCc2cscn2)c(F)cc1F. The predicted molar refractivity (Wildman–Crippen MR) is 77.2 cm³/mol. The number of anilines is 2. The summed E-state index contributed by atoms with van der Waals surface area (Å²) in [4.78, 5) is 8.07. The van der Waals surface area contributed by atoms with Crippen molar-refractivity contribution in [3.8, 4) is 0 Å². The molecule has 0 aliphatic carbocycles. The van der Waals surface area contributed by atoms with E-state index >= 15 is 0 Å². The minimum atomic E-state index is -0.692. The number of aromatic nitrogens is 2. The van der Waals surface area contributed by atoms with Crippen molar-refractivity contribution >= 4 is 23.0 Å². The quantitative estimate of drug-likeness (QED) is 0.823. The van der Waals surface area contributed by atoms with Gasteiger partial charge in [-0.25, -0.2) is 18.7 Å². The minimum absolute atomic E-state index is 0.0558. The van der Waals surface area contributed by atoms with Gasteiger partial charge in [0, 0.05) is 31.0 Å². The molecule has 0 atom stereocenters. The monoisotopic (exact) mass is 298 g/mol. The highest BCUT2D eigenvalue weighted by Crippen LogP contribution is 2.19. The molecule has 0 amide bonds. The third-order valence-corrected chi connectivity index (χ3v) is 3.26. The van der Waals surface area contributed by atoms with Gasteiger partial charge in [-0.2, -0.15) is 0 Å². The zero-order chi connectivity index (χ0) is 14.4. The summed E-state index contributed by atoms with van der Waals surface area (Å²) in [5.74, 6) is -1.24. The first-order chi connectivity index (χ1) is 9.70. The first-order valence-electron chi connectivity index (χ1n) is 6.41. The van der Waals surface area contributed by atoms with Crippen molar-refractivity contribution < 1.29 is 8.78 Å². The zero-order valence-corrected chi connectivity index (χ0v) is 11.9. The molecule has 0 radical (unpaired) electrons. The summed E-state index contributed by atoms with van der Waals surface area (Å²) < 4.78 is 27.1. The Hall–Kier alpha value is -1.76. The van der Waals surface area contributed by atoms with Crippen molar-refractivity contribution in [1.29, 1.82) is 0 Å². The van der Waals surface area contributed by atoms with E-state index in [1.807, 2.05) is 12.3 Å². The van der Waals surface area contributed by atoms with Gasteiger partial charge in [-0.3, -0.25) is 0 Å². The van der Waals surface area contributed by atoms with Gasteiger partial charge >= 0.3 is 0 Å². The van der Waals surface area contributed by atoms with Gasteiger partial charge in [-0.15, -0.1) is 11.3 Å². The zero-order valence-electron chi connectivity index (χ0n) is 11.1. The Bertz CT molecular complexity index is 546. The Labute approximate surface area is 120 Å². The van der Waals surface area contributed by atoms with E-state index in [9.17, 15) is 8.78 Å².